The zero-order valence-corrected chi connectivity index (χ0v) is 13.5. The fourth-order valence-electron chi connectivity index (χ4n) is 3.13. The molecule has 1 aromatic carbocycles. The first-order valence-corrected chi connectivity index (χ1v) is 8.25. The van der Waals surface area contributed by atoms with Gasteiger partial charge in [-0.15, -0.1) is 0 Å². The lowest BCUT2D eigenvalue weighted by Gasteiger charge is -2.21. The molecule has 1 heterocycles. The number of aromatic nitrogens is 1. The molecule has 3 atom stereocenters. The molecule has 1 aliphatic carbocycles. The summed E-state index contributed by atoms with van der Waals surface area (Å²) in [5.74, 6) is 1.06. The quantitative estimate of drug-likeness (QED) is 0.861. The molecule has 0 unspecified atom stereocenters. The van der Waals surface area contributed by atoms with E-state index in [4.69, 9.17) is 4.74 Å². The lowest BCUT2D eigenvalue weighted by Crippen LogP contribution is -2.35. The van der Waals surface area contributed by atoms with Gasteiger partial charge in [0.2, 0.25) is 0 Å². The van der Waals surface area contributed by atoms with Crippen LogP contribution in [0.25, 0.3) is 0 Å². The summed E-state index contributed by atoms with van der Waals surface area (Å²) < 4.78 is 5.91. The predicted molar refractivity (Wildman–Crippen MR) is 90.3 cm³/mol. The Bertz CT molecular complexity index is 618. The van der Waals surface area contributed by atoms with Gasteiger partial charge >= 0.3 is 0 Å². The van der Waals surface area contributed by atoms with Crippen molar-refractivity contribution in [2.24, 2.45) is 5.92 Å². The number of nitrogens with one attached hydrogen (secondary N) is 1. The second-order valence-corrected chi connectivity index (χ2v) is 6.20. The second-order valence-electron chi connectivity index (χ2n) is 6.20. The second kappa shape index (κ2) is 7.57. The summed E-state index contributed by atoms with van der Waals surface area (Å²) in [4.78, 5) is 4.38. The van der Waals surface area contributed by atoms with Gasteiger partial charge in [0.05, 0.1) is 11.8 Å². The van der Waals surface area contributed by atoms with Crippen molar-refractivity contribution < 1.29 is 9.84 Å². The molecule has 0 radical (unpaired) electrons. The highest BCUT2D eigenvalue weighted by Gasteiger charge is 2.35. The fraction of sp³-hybridized carbons (Fsp3) is 0.421. The molecule has 2 N–H and O–H groups in total. The van der Waals surface area contributed by atoms with Crippen LogP contribution in [0.3, 0.4) is 0 Å². The summed E-state index contributed by atoms with van der Waals surface area (Å²) in [5.41, 5.74) is 2.26. The van der Waals surface area contributed by atoms with Crippen molar-refractivity contribution in [2.45, 2.75) is 38.5 Å². The van der Waals surface area contributed by atoms with E-state index in [2.05, 4.69) is 23.3 Å². The zero-order chi connectivity index (χ0) is 16.1. The summed E-state index contributed by atoms with van der Waals surface area (Å²) >= 11 is 0. The number of benzene rings is 1. The van der Waals surface area contributed by atoms with Crippen LogP contribution in [0.4, 0.5) is 0 Å². The molecule has 1 aromatic heterocycles. The number of ether oxygens (including phenoxy) is 1. The summed E-state index contributed by atoms with van der Waals surface area (Å²) in [6, 6.07) is 13.7. The normalized spacial score (nSPS) is 23.8. The van der Waals surface area contributed by atoms with Crippen LogP contribution < -0.4 is 10.1 Å². The molecule has 1 fully saturated rings. The van der Waals surface area contributed by atoms with Crippen molar-refractivity contribution in [3.05, 3.63) is 59.9 Å². The van der Waals surface area contributed by atoms with E-state index in [1.807, 2.05) is 42.6 Å². The molecule has 0 aliphatic heterocycles. The van der Waals surface area contributed by atoms with Crippen molar-refractivity contribution in [3.8, 4) is 5.75 Å². The predicted octanol–water partition coefficient (Wildman–Crippen LogP) is 2.70. The van der Waals surface area contributed by atoms with Crippen LogP contribution in [0, 0.1) is 12.8 Å². The Morgan fingerprint density at radius 2 is 2.00 bits per heavy atom. The highest BCUT2D eigenvalue weighted by atomic mass is 16.5. The van der Waals surface area contributed by atoms with Crippen LogP contribution in [0.1, 0.15) is 24.1 Å². The minimum absolute atomic E-state index is 0.110. The largest absolute Gasteiger partial charge is 0.488 e. The van der Waals surface area contributed by atoms with Crippen molar-refractivity contribution >= 4 is 0 Å². The maximum Gasteiger partial charge on any atom is 0.125 e. The molecule has 0 amide bonds. The number of aliphatic hydroxyl groups is 1. The van der Waals surface area contributed by atoms with Crippen LogP contribution in [0.15, 0.2) is 48.7 Å². The minimum Gasteiger partial charge on any atom is -0.488 e. The Balaban J connectivity index is 1.47. The number of rotatable bonds is 6. The van der Waals surface area contributed by atoms with Crippen LogP contribution in [-0.2, 0) is 6.54 Å². The smallest absolute Gasteiger partial charge is 0.125 e. The number of hydrogen-bond donors (Lipinski definition) is 2. The first-order valence-electron chi connectivity index (χ1n) is 8.25. The maximum atomic E-state index is 10.5. The fourth-order valence-corrected chi connectivity index (χ4v) is 3.13. The molecule has 3 rings (SSSR count). The van der Waals surface area contributed by atoms with Gasteiger partial charge in [0.25, 0.3) is 0 Å². The number of hydrogen-bond acceptors (Lipinski definition) is 4. The molecule has 0 bridgehead atoms. The third-order valence-electron chi connectivity index (χ3n) is 4.53. The highest BCUT2D eigenvalue weighted by molar-refractivity contribution is 5.21. The van der Waals surface area contributed by atoms with Gasteiger partial charge in [0.1, 0.15) is 11.9 Å². The average molecular weight is 312 g/mol. The lowest BCUT2D eigenvalue weighted by atomic mass is 10.1. The van der Waals surface area contributed by atoms with Gasteiger partial charge in [-0.05, 0) is 43.5 Å². The molecule has 0 spiro atoms. The standard InChI is InChI=1S/C19H24N2O2/c1-14-6-5-11-21-17(14)13-20-12-15-9-10-18(19(15)22)23-16-7-3-2-4-8-16/h2-8,11,15,18-20,22H,9-10,12-13H2,1H3/t15-,18-,19-/m1/s1. The first kappa shape index (κ1) is 16.0. The number of aryl methyl sites for hydroxylation is 1. The van der Waals surface area contributed by atoms with Gasteiger partial charge in [-0.2, -0.15) is 0 Å². The summed E-state index contributed by atoms with van der Waals surface area (Å²) in [7, 11) is 0. The molecule has 122 valence electrons. The third-order valence-corrected chi connectivity index (χ3v) is 4.53. The summed E-state index contributed by atoms with van der Waals surface area (Å²) in [5, 5.41) is 13.9. The van der Waals surface area contributed by atoms with Crippen LogP contribution in [0.2, 0.25) is 0 Å². The Labute approximate surface area is 137 Å². The van der Waals surface area contributed by atoms with E-state index in [1.54, 1.807) is 0 Å². The Hall–Kier alpha value is -1.91. The molecule has 23 heavy (non-hydrogen) atoms. The average Bonchev–Trinajstić information content (AvgIpc) is 2.91. The molecule has 4 heteroatoms. The molecule has 2 aromatic rings. The maximum absolute atomic E-state index is 10.5. The van der Waals surface area contributed by atoms with E-state index in [1.165, 1.54) is 5.56 Å². The lowest BCUT2D eigenvalue weighted by molar-refractivity contribution is 0.0350. The van der Waals surface area contributed by atoms with Gasteiger partial charge < -0.3 is 15.2 Å². The van der Waals surface area contributed by atoms with Gasteiger partial charge in [-0.25, -0.2) is 0 Å². The van der Waals surface area contributed by atoms with Crippen molar-refractivity contribution in [1.82, 2.24) is 10.3 Å². The highest BCUT2D eigenvalue weighted by Crippen LogP contribution is 2.29. The molecule has 1 saturated carbocycles. The SMILES string of the molecule is Cc1cccnc1CNC[C@H]1CC[C@@H](Oc2ccccc2)[C@@H]1O. The van der Waals surface area contributed by atoms with Crippen molar-refractivity contribution in [1.29, 1.82) is 0 Å². The zero-order valence-electron chi connectivity index (χ0n) is 13.5. The molecule has 1 aliphatic rings. The van der Waals surface area contributed by atoms with Gasteiger partial charge in [0.15, 0.2) is 0 Å². The monoisotopic (exact) mass is 312 g/mol. The van der Waals surface area contributed by atoms with E-state index in [0.717, 1.165) is 37.4 Å². The van der Waals surface area contributed by atoms with Gasteiger partial charge in [-0.1, -0.05) is 24.3 Å². The van der Waals surface area contributed by atoms with E-state index in [-0.39, 0.29) is 12.0 Å². The Kier molecular flexibility index (Phi) is 5.26. The number of pyridine rings is 1. The molecular weight excluding hydrogens is 288 g/mol. The first-order chi connectivity index (χ1) is 11.2. The van der Waals surface area contributed by atoms with Gasteiger partial charge in [0, 0.05) is 25.2 Å². The Morgan fingerprint density at radius 3 is 2.78 bits per heavy atom. The van der Waals surface area contributed by atoms with Crippen LogP contribution in [0.5, 0.6) is 5.75 Å². The summed E-state index contributed by atoms with van der Waals surface area (Å²) in [6.45, 7) is 3.59. The minimum atomic E-state index is -0.424. The van der Waals surface area contributed by atoms with Crippen molar-refractivity contribution in [2.75, 3.05) is 6.54 Å². The number of nitrogens with zero attached hydrogens (tertiary/aromatic N) is 1. The van der Waals surface area contributed by atoms with E-state index >= 15 is 0 Å². The van der Waals surface area contributed by atoms with Crippen molar-refractivity contribution in [3.63, 3.8) is 0 Å². The van der Waals surface area contributed by atoms with Gasteiger partial charge in [-0.3, -0.25) is 4.98 Å². The molecular formula is C19H24N2O2. The summed E-state index contributed by atoms with van der Waals surface area (Å²) in [6.07, 6.45) is 3.16. The Morgan fingerprint density at radius 1 is 1.17 bits per heavy atom. The van der Waals surface area contributed by atoms with E-state index in [9.17, 15) is 5.11 Å². The molecule has 0 saturated heterocycles. The topological polar surface area (TPSA) is 54.4 Å². The van der Waals surface area contributed by atoms with Crippen LogP contribution in [-0.4, -0.2) is 28.8 Å². The number of para-hydroxylation sites is 1. The van der Waals surface area contributed by atoms with E-state index in [0.29, 0.717) is 0 Å². The molecule has 4 nitrogen and oxygen atoms in total. The van der Waals surface area contributed by atoms with E-state index < -0.39 is 6.10 Å². The van der Waals surface area contributed by atoms with Crippen LogP contribution >= 0.6 is 0 Å². The third kappa shape index (κ3) is 4.09. The number of aliphatic hydroxyl groups excluding tert-OH is 1.